The van der Waals surface area contributed by atoms with E-state index in [-0.39, 0.29) is 5.91 Å². The maximum Gasteiger partial charge on any atom is 0.254 e. The van der Waals surface area contributed by atoms with Crippen molar-refractivity contribution in [2.75, 3.05) is 13.1 Å². The van der Waals surface area contributed by atoms with Crippen molar-refractivity contribution in [2.45, 2.75) is 26.2 Å². The quantitative estimate of drug-likeness (QED) is 0.705. The molecule has 1 aliphatic heterocycles. The summed E-state index contributed by atoms with van der Waals surface area (Å²) in [5.74, 6) is 0.0760. The van der Waals surface area contributed by atoms with E-state index in [0.717, 1.165) is 31.6 Å². The van der Waals surface area contributed by atoms with Gasteiger partial charge in [-0.2, -0.15) is 0 Å². The SMILES string of the molecule is Cc1cc(C(=O)N2CCCCC2)cc(Cl)n1. The van der Waals surface area contributed by atoms with Crippen molar-refractivity contribution in [3.63, 3.8) is 0 Å². The Morgan fingerprint density at radius 2 is 2.00 bits per heavy atom. The highest BCUT2D eigenvalue weighted by molar-refractivity contribution is 6.29. The lowest BCUT2D eigenvalue weighted by atomic mass is 10.1. The zero-order valence-electron chi connectivity index (χ0n) is 9.37. The lowest BCUT2D eigenvalue weighted by molar-refractivity contribution is 0.0724. The van der Waals surface area contributed by atoms with Crippen molar-refractivity contribution in [1.82, 2.24) is 9.88 Å². The Labute approximate surface area is 100 Å². The molecule has 0 spiro atoms. The van der Waals surface area contributed by atoms with Gasteiger partial charge in [-0.05, 0) is 38.3 Å². The van der Waals surface area contributed by atoms with E-state index in [9.17, 15) is 4.79 Å². The van der Waals surface area contributed by atoms with Crippen LogP contribution in [0.3, 0.4) is 0 Å². The first-order valence-corrected chi connectivity index (χ1v) is 5.98. The summed E-state index contributed by atoms with van der Waals surface area (Å²) in [5.41, 5.74) is 1.44. The van der Waals surface area contributed by atoms with Crippen LogP contribution in [0.5, 0.6) is 0 Å². The third kappa shape index (κ3) is 2.53. The number of carbonyl (C=O) groups excluding carboxylic acids is 1. The Balaban J connectivity index is 2.19. The van der Waals surface area contributed by atoms with Crippen LogP contribution < -0.4 is 0 Å². The van der Waals surface area contributed by atoms with Gasteiger partial charge in [0.25, 0.3) is 5.91 Å². The van der Waals surface area contributed by atoms with E-state index >= 15 is 0 Å². The number of nitrogens with zero attached hydrogens (tertiary/aromatic N) is 2. The molecule has 1 saturated heterocycles. The van der Waals surface area contributed by atoms with Crippen LogP contribution in [0.2, 0.25) is 5.15 Å². The van der Waals surface area contributed by atoms with Gasteiger partial charge in [0.2, 0.25) is 0 Å². The highest BCUT2D eigenvalue weighted by Gasteiger charge is 2.18. The first kappa shape index (κ1) is 11.4. The van der Waals surface area contributed by atoms with Gasteiger partial charge < -0.3 is 4.90 Å². The van der Waals surface area contributed by atoms with E-state index in [1.807, 2.05) is 11.8 Å². The van der Waals surface area contributed by atoms with Crippen molar-refractivity contribution in [1.29, 1.82) is 0 Å². The standard InChI is InChI=1S/C12H15ClN2O/c1-9-7-10(8-11(13)14-9)12(16)15-5-3-2-4-6-15/h7-8H,2-6H2,1H3. The van der Waals surface area contributed by atoms with Gasteiger partial charge >= 0.3 is 0 Å². The van der Waals surface area contributed by atoms with Gasteiger partial charge in [0.05, 0.1) is 0 Å². The average Bonchev–Trinajstić information content (AvgIpc) is 2.28. The topological polar surface area (TPSA) is 33.2 Å². The summed E-state index contributed by atoms with van der Waals surface area (Å²) in [6.07, 6.45) is 3.42. The van der Waals surface area contributed by atoms with Crippen LogP contribution in [-0.2, 0) is 0 Å². The monoisotopic (exact) mass is 238 g/mol. The summed E-state index contributed by atoms with van der Waals surface area (Å²) in [5, 5.41) is 0.389. The molecule has 0 unspecified atom stereocenters. The Morgan fingerprint density at radius 1 is 1.31 bits per heavy atom. The Morgan fingerprint density at radius 3 is 2.62 bits per heavy atom. The Bertz CT molecular complexity index is 380. The van der Waals surface area contributed by atoms with Crippen LogP contribution in [0.4, 0.5) is 0 Å². The van der Waals surface area contributed by atoms with E-state index in [0.29, 0.717) is 10.7 Å². The van der Waals surface area contributed by atoms with Crippen molar-refractivity contribution in [3.05, 3.63) is 28.5 Å². The molecule has 86 valence electrons. The molecule has 0 aromatic carbocycles. The van der Waals surface area contributed by atoms with Crippen molar-refractivity contribution in [3.8, 4) is 0 Å². The van der Waals surface area contributed by atoms with Gasteiger partial charge in [0.1, 0.15) is 5.15 Å². The fourth-order valence-electron chi connectivity index (χ4n) is 2.03. The molecule has 3 nitrogen and oxygen atoms in total. The first-order chi connectivity index (χ1) is 7.66. The minimum absolute atomic E-state index is 0.0760. The third-order valence-electron chi connectivity index (χ3n) is 2.81. The minimum atomic E-state index is 0.0760. The van der Waals surface area contributed by atoms with E-state index in [4.69, 9.17) is 11.6 Å². The summed E-state index contributed by atoms with van der Waals surface area (Å²) in [4.78, 5) is 18.1. The number of hydrogen-bond acceptors (Lipinski definition) is 2. The zero-order chi connectivity index (χ0) is 11.5. The predicted molar refractivity (Wildman–Crippen MR) is 63.7 cm³/mol. The largest absolute Gasteiger partial charge is 0.339 e. The smallest absolute Gasteiger partial charge is 0.254 e. The van der Waals surface area contributed by atoms with Gasteiger partial charge in [0, 0.05) is 24.3 Å². The molecule has 2 heterocycles. The molecule has 1 amide bonds. The summed E-state index contributed by atoms with van der Waals surface area (Å²) in [7, 11) is 0. The van der Waals surface area contributed by atoms with Crippen LogP contribution in [-0.4, -0.2) is 28.9 Å². The van der Waals surface area contributed by atoms with Crippen LogP contribution in [0.1, 0.15) is 35.3 Å². The third-order valence-corrected chi connectivity index (χ3v) is 3.01. The molecule has 2 rings (SSSR count). The highest BCUT2D eigenvalue weighted by Crippen LogP contribution is 2.16. The fraction of sp³-hybridized carbons (Fsp3) is 0.500. The van der Waals surface area contributed by atoms with Crippen molar-refractivity contribution in [2.24, 2.45) is 0 Å². The molecule has 0 N–H and O–H groups in total. The number of carbonyl (C=O) groups is 1. The molecule has 0 bridgehead atoms. The van der Waals surface area contributed by atoms with Gasteiger partial charge in [-0.3, -0.25) is 4.79 Å². The number of aromatic nitrogens is 1. The summed E-state index contributed by atoms with van der Waals surface area (Å²) < 4.78 is 0. The molecular weight excluding hydrogens is 224 g/mol. The number of aryl methyl sites for hydroxylation is 1. The van der Waals surface area contributed by atoms with Crippen molar-refractivity contribution >= 4 is 17.5 Å². The van der Waals surface area contributed by atoms with E-state index < -0.39 is 0 Å². The summed E-state index contributed by atoms with van der Waals surface area (Å²) in [6.45, 7) is 3.56. The Hall–Kier alpha value is -1.09. The number of pyridine rings is 1. The molecular formula is C12H15ClN2O. The van der Waals surface area contributed by atoms with Crippen LogP contribution >= 0.6 is 11.6 Å². The molecule has 0 aliphatic carbocycles. The van der Waals surface area contributed by atoms with Crippen LogP contribution in [0.15, 0.2) is 12.1 Å². The highest BCUT2D eigenvalue weighted by atomic mass is 35.5. The van der Waals surface area contributed by atoms with Crippen molar-refractivity contribution < 1.29 is 4.79 Å². The molecule has 0 atom stereocenters. The molecule has 1 aromatic heterocycles. The Kier molecular flexibility index (Phi) is 3.44. The number of rotatable bonds is 1. The van der Waals surface area contributed by atoms with E-state index in [1.165, 1.54) is 6.42 Å². The predicted octanol–water partition coefficient (Wildman–Crippen LogP) is 2.67. The average molecular weight is 239 g/mol. The number of likely N-dealkylation sites (tertiary alicyclic amines) is 1. The summed E-state index contributed by atoms with van der Waals surface area (Å²) >= 11 is 5.85. The van der Waals surface area contributed by atoms with Gasteiger partial charge in [-0.25, -0.2) is 4.98 Å². The number of piperidine rings is 1. The lowest BCUT2D eigenvalue weighted by Gasteiger charge is -2.26. The van der Waals surface area contributed by atoms with Crippen LogP contribution in [0, 0.1) is 6.92 Å². The second kappa shape index (κ2) is 4.83. The molecule has 1 aromatic rings. The molecule has 1 fully saturated rings. The first-order valence-electron chi connectivity index (χ1n) is 5.60. The van der Waals surface area contributed by atoms with E-state index in [2.05, 4.69) is 4.98 Å². The molecule has 0 radical (unpaired) electrons. The summed E-state index contributed by atoms with van der Waals surface area (Å²) in [6, 6.07) is 3.44. The fourth-order valence-corrected chi connectivity index (χ4v) is 2.28. The lowest BCUT2D eigenvalue weighted by Crippen LogP contribution is -2.35. The normalized spacial score (nSPS) is 16.2. The van der Waals surface area contributed by atoms with Gasteiger partial charge in [-0.15, -0.1) is 0 Å². The number of amides is 1. The van der Waals surface area contributed by atoms with Gasteiger partial charge in [-0.1, -0.05) is 11.6 Å². The number of halogens is 1. The molecule has 16 heavy (non-hydrogen) atoms. The minimum Gasteiger partial charge on any atom is -0.339 e. The maximum absolute atomic E-state index is 12.1. The second-order valence-corrected chi connectivity index (χ2v) is 4.56. The molecule has 1 aliphatic rings. The zero-order valence-corrected chi connectivity index (χ0v) is 10.1. The van der Waals surface area contributed by atoms with Gasteiger partial charge in [0.15, 0.2) is 0 Å². The molecule has 0 saturated carbocycles. The second-order valence-electron chi connectivity index (χ2n) is 4.17. The maximum atomic E-state index is 12.1. The van der Waals surface area contributed by atoms with E-state index in [1.54, 1.807) is 12.1 Å². The number of hydrogen-bond donors (Lipinski definition) is 0. The molecule has 4 heteroatoms. The van der Waals surface area contributed by atoms with Crippen LogP contribution in [0.25, 0.3) is 0 Å².